The summed E-state index contributed by atoms with van der Waals surface area (Å²) in [5.74, 6) is -1.27. The number of fused-ring (bicyclic) bond motifs is 2. The van der Waals surface area contributed by atoms with E-state index in [1.165, 1.54) is 11.5 Å². The molecule has 0 bridgehead atoms. The quantitative estimate of drug-likeness (QED) is 0.302. The average Bonchev–Trinajstić information content (AvgIpc) is 3.69. The number of nitrogens with zero attached hydrogens (tertiary/aromatic N) is 3. The Morgan fingerprint density at radius 1 is 1.10 bits per heavy atom. The minimum absolute atomic E-state index is 0.0769. The predicted molar refractivity (Wildman–Crippen MR) is 149 cm³/mol. The number of amides is 2. The molecule has 198 valence electrons. The van der Waals surface area contributed by atoms with Crippen LogP contribution in [-0.4, -0.2) is 56.4 Å². The van der Waals surface area contributed by atoms with Crippen molar-refractivity contribution < 1.29 is 19.4 Å². The summed E-state index contributed by atoms with van der Waals surface area (Å²) in [6, 6.07) is 19.0. The van der Waals surface area contributed by atoms with Gasteiger partial charge in [-0.1, -0.05) is 24.3 Å². The summed E-state index contributed by atoms with van der Waals surface area (Å²) in [5, 5.41) is 16.1. The largest absolute Gasteiger partial charge is 0.384 e. The first-order valence-electron chi connectivity index (χ1n) is 12.5. The molecule has 4 heterocycles. The van der Waals surface area contributed by atoms with E-state index < -0.39 is 17.6 Å². The fourth-order valence-corrected chi connectivity index (χ4v) is 5.54. The third kappa shape index (κ3) is 4.71. The van der Waals surface area contributed by atoms with E-state index in [1.807, 2.05) is 65.4 Å². The molecule has 6 rings (SSSR count). The third-order valence-corrected chi connectivity index (χ3v) is 7.65. The molecule has 10 nitrogen and oxygen atoms in total. The van der Waals surface area contributed by atoms with Crippen LogP contribution in [0.1, 0.15) is 23.0 Å². The third-order valence-electron chi connectivity index (χ3n) is 6.63. The summed E-state index contributed by atoms with van der Waals surface area (Å²) in [7, 11) is 0. The zero-order chi connectivity index (χ0) is 27.1. The van der Waals surface area contributed by atoms with Crippen molar-refractivity contribution in [2.75, 3.05) is 18.5 Å². The number of aliphatic hydroxyl groups is 1. The van der Waals surface area contributed by atoms with Crippen LogP contribution in [0.2, 0.25) is 0 Å². The zero-order valence-corrected chi connectivity index (χ0v) is 21.8. The van der Waals surface area contributed by atoms with Crippen molar-refractivity contribution in [1.82, 2.24) is 19.4 Å². The Morgan fingerprint density at radius 3 is 2.67 bits per heavy atom. The van der Waals surface area contributed by atoms with E-state index in [9.17, 15) is 19.5 Å². The van der Waals surface area contributed by atoms with Gasteiger partial charge in [0, 0.05) is 23.9 Å². The molecule has 0 spiro atoms. The Hall–Kier alpha value is -4.32. The highest BCUT2D eigenvalue weighted by atomic mass is 32.1. The first-order valence-corrected chi connectivity index (χ1v) is 13.3. The van der Waals surface area contributed by atoms with Crippen LogP contribution in [0.3, 0.4) is 0 Å². The smallest absolute Gasteiger partial charge is 0.298 e. The van der Waals surface area contributed by atoms with E-state index in [0.717, 1.165) is 34.3 Å². The van der Waals surface area contributed by atoms with Crippen LogP contribution in [0.5, 0.6) is 0 Å². The van der Waals surface area contributed by atoms with Crippen LogP contribution >= 0.6 is 11.3 Å². The maximum atomic E-state index is 13.7. The molecular weight excluding hydrogens is 518 g/mol. The number of rotatable bonds is 6. The summed E-state index contributed by atoms with van der Waals surface area (Å²) >= 11 is 1.12. The molecule has 2 aromatic carbocycles. The van der Waals surface area contributed by atoms with Crippen LogP contribution in [-0.2, 0) is 9.53 Å². The molecule has 1 aliphatic heterocycles. The lowest BCUT2D eigenvalue weighted by molar-refractivity contribution is -0.123. The van der Waals surface area contributed by atoms with E-state index in [-0.39, 0.29) is 17.8 Å². The summed E-state index contributed by atoms with van der Waals surface area (Å²) in [4.78, 5) is 44.1. The van der Waals surface area contributed by atoms with Gasteiger partial charge < -0.3 is 25.0 Å². The molecule has 0 unspecified atom stereocenters. The number of benzene rings is 2. The van der Waals surface area contributed by atoms with Crippen molar-refractivity contribution in [1.29, 1.82) is 0 Å². The topological polar surface area (TPSA) is 127 Å². The number of ether oxygens (including phenoxy) is 1. The van der Waals surface area contributed by atoms with Crippen LogP contribution in [0.25, 0.3) is 32.6 Å². The van der Waals surface area contributed by atoms with Gasteiger partial charge in [0.2, 0.25) is 5.82 Å². The second-order valence-corrected chi connectivity index (χ2v) is 10.4. The number of hydrogen-bond donors (Lipinski definition) is 3. The number of anilines is 1. The maximum Gasteiger partial charge on any atom is 0.298 e. The molecule has 39 heavy (non-hydrogen) atoms. The van der Waals surface area contributed by atoms with Gasteiger partial charge in [-0.3, -0.25) is 19.0 Å². The van der Waals surface area contributed by atoms with Crippen molar-refractivity contribution in [2.45, 2.75) is 25.5 Å². The maximum absolute atomic E-state index is 13.7. The van der Waals surface area contributed by atoms with E-state index in [2.05, 4.69) is 15.6 Å². The highest BCUT2D eigenvalue weighted by Crippen LogP contribution is 2.29. The Labute approximate surface area is 226 Å². The van der Waals surface area contributed by atoms with E-state index in [1.54, 1.807) is 6.07 Å². The molecule has 0 radical (unpaired) electrons. The Bertz CT molecular complexity index is 1770. The summed E-state index contributed by atoms with van der Waals surface area (Å²) < 4.78 is 8.82. The van der Waals surface area contributed by atoms with Gasteiger partial charge >= 0.3 is 0 Å². The standard InChI is InChI=1S/C28H25N5O5S/c1-16(34)25(35)30-24-28(37)33(22-14-23(39-27(22)31-24)26(36)29-18-10-12-38-15-18)20-8-7-17-9-11-32(21(17)13-20)19-5-3-2-4-6-19/h2-9,11,13-14,16,18,34H,10,12,15H2,1H3,(H,29,36)(H,30,31,35)/t16-,18+/m0/s1. The lowest BCUT2D eigenvalue weighted by atomic mass is 10.2. The molecule has 1 saturated heterocycles. The molecular formula is C28H25N5O5S. The molecule has 1 fully saturated rings. The van der Waals surface area contributed by atoms with Gasteiger partial charge in [-0.15, -0.1) is 11.3 Å². The molecule has 0 saturated carbocycles. The van der Waals surface area contributed by atoms with Crippen molar-refractivity contribution in [3.05, 3.63) is 82.1 Å². The highest BCUT2D eigenvalue weighted by Gasteiger charge is 2.23. The first-order chi connectivity index (χ1) is 18.9. The number of para-hydroxylation sites is 1. The lowest BCUT2D eigenvalue weighted by Gasteiger charge is -2.13. The molecule has 3 aromatic heterocycles. The number of thiophene rings is 1. The van der Waals surface area contributed by atoms with Crippen LogP contribution in [0, 0.1) is 0 Å². The molecule has 11 heteroatoms. The number of carbonyl (C=O) groups excluding carboxylic acids is 2. The van der Waals surface area contributed by atoms with Gasteiger partial charge in [0.05, 0.1) is 34.2 Å². The van der Waals surface area contributed by atoms with E-state index in [4.69, 9.17) is 4.74 Å². The minimum atomic E-state index is -1.33. The zero-order valence-electron chi connectivity index (χ0n) is 21.0. The fourth-order valence-electron chi connectivity index (χ4n) is 4.62. The minimum Gasteiger partial charge on any atom is -0.384 e. The number of aromatic nitrogens is 3. The summed E-state index contributed by atoms with van der Waals surface area (Å²) in [5.41, 5.74) is 2.23. The normalized spacial score (nSPS) is 16.0. The van der Waals surface area contributed by atoms with Gasteiger partial charge in [0.1, 0.15) is 10.9 Å². The SMILES string of the molecule is C[C@H](O)C(=O)Nc1nc2sc(C(=O)N[C@@H]3CCOC3)cc2n(-c2ccc3ccn(-c4ccccc4)c3c2)c1=O. The Balaban J connectivity index is 1.51. The van der Waals surface area contributed by atoms with Crippen LogP contribution < -0.4 is 16.2 Å². The molecule has 3 N–H and O–H groups in total. The van der Waals surface area contributed by atoms with Crippen LogP contribution in [0.15, 0.2) is 71.7 Å². The monoisotopic (exact) mass is 543 g/mol. The summed E-state index contributed by atoms with van der Waals surface area (Å²) in [6.45, 7) is 2.35. The van der Waals surface area contributed by atoms with Gasteiger partial charge in [-0.2, -0.15) is 0 Å². The second-order valence-electron chi connectivity index (χ2n) is 9.37. The van der Waals surface area contributed by atoms with Crippen molar-refractivity contribution in [3.8, 4) is 11.4 Å². The van der Waals surface area contributed by atoms with Crippen molar-refractivity contribution in [3.63, 3.8) is 0 Å². The van der Waals surface area contributed by atoms with Crippen molar-refractivity contribution >= 4 is 50.2 Å². The van der Waals surface area contributed by atoms with Gasteiger partial charge in [0.15, 0.2) is 0 Å². The fraction of sp³-hybridized carbons (Fsp3) is 0.214. The molecule has 0 aliphatic carbocycles. The van der Waals surface area contributed by atoms with Gasteiger partial charge in [-0.25, -0.2) is 4.98 Å². The predicted octanol–water partition coefficient (Wildman–Crippen LogP) is 3.23. The van der Waals surface area contributed by atoms with E-state index >= 15 is 0 Å². The number of hydrogen-bond acceptors (Lipinski definition) is 7. The van der Waals surface area contributed by atoms with Crippen molar-refractivity contribution in [2.24, 2.45) is 0 Å². The van der Waals surface area contributed by atoms with Gasteiger partial charge in [0.25, 0.3) is 17.4 Å². The molecule has 1 aliphatic rings. The Kier molecular flexibility index (Phi) is 6.47. The number of aliphatic hydroxyl groups excluding tert-OH is 1. The average molecular weight is 544 g/mol. The lowest BCUT2D eigenvalue weighted by Crippen LogP contribution is -2.34. The Morgan fingerprint density at radius 2 is 1.92 bits per heavy atom. The number of nitrogens with one attached hydrogen (secondary N) is 2. The van der Waals surface area contributed by atoms with Gasteiger partial charge in [-0.05, 0) is 49.7 Å². The molecule has 2 atom stereocenters. The number of carbonyl (C=O) groups is 2. The van der Waals surface area contributed by atoms with E-state index in [0.29, 0.717) is 34.1 Å². The first kappa shape index (κ1) is 25.0. The summed E-state index contributed by atoms with van der Waals surface area (Å²) in [6.07, 6.45) is 1.36. The molecule has 2 amide bonds. The second kappa shape index (κ2) is 10.1. The molecule has 5 aromatic rings. The van der Waals surface area contributed by atoms with Crippen LogP contribution in [0.4, 0.5) is 5.82 Å². The highest BCUT2D eigenvalue weighted by molar-refractivity contribution is 7.20.